The minimum atomic E-state index is -2.97. The summed E-state index contributed by atoms with van der Waals surface area (Å²) >= 11 is 6.04. The van der Waals surface area contributed by atoms with Crippen LogP contribution in [0.25, 0.3) is 10.9 Å². The van der Waals surface area contributed by atoms with E-state index in [0.717, 1.165) is 6.20 Å². The number of rotatable bonds is 3. The van der Waals surface area contributed by atoms with Crippen molar-refractivity contribution < 1.29 is 23.0 Å². The molecule has 0 radical (unpaired) electrons. The fourth-order valence-electron chi connectivity index (χ4n) is 1.61. The Hall–Kier alpha value is -1.95. The highest BCUT2D eigenvalue weighted by Crippen LogP contribution is 2.32. The molecule has 0 bridgehead atoms. The number of benzene rings is 1. The number of carbonyl (C=O) groups is 1. The summed E-state index contributed by atoms with van der Waals surface area (Å²) in [5, 5.41) is 0.416. The standard InChI is InChI=1S/C12H8ClF2NO3/c1-18-11(17)7-5-16-10-6(9(7)13)3-2-4-8(10)19-12(14)15/h2-5,12H,1H3. The van der Waals surface area contributed by atoms with E-state index >= 15 is 0 Å². The second kappa shape index (κ2) is 5.36. The largest absolute Gasteiger partial charge is 0.465 e. The summed E-state index contributed by atoms with van der Waals surface area (Å²) in [6, 6.07) is 4.37. The van der Waals surface area contributed by atoms with Gasteiger partial charge in [-0.3, -0.25) is 4.98 Å². The molecule has 0 spiro atoms. The molecule has 2 aromatic rings. The number of esters is 1. The number of ether oxygens (including phenoxy) is 2. The van der Waals surface area contributed by atoms with Gasteiger partial charge in [-0.1, -0.05) is 23.7 Å². The lowest BCUT2D eigenvalue weighted by atomic mass is 10.1. The van der Waals surface area contributed by atoms with Crippen molar-refractivity contribution in [1.82, 2.24) is 4.98 Å². The third kappa shape index (κ3) is 2.58. The molecular weight excluding hydrogens is 280 g/mol. The molecule has 0 aliphatic carbocycles. The highest BCUT2D eigenvalue weighted by Gasteiger charge is 2.17. The fraction of sp³-hybridized carbons (Fsp3) is 0.167. The fourth-order valence-corrected chi connectivity index (χ4v) is 1.89. The molecule has 7 heteroatoms. The van der Waals surface area contributed by atoms with Crippen molar-refractivity contribution >= 4 is 28.5 Å². The predicted octanol–water partition coefficient (Wildman–Crippen LogP) is 3.28. The first-order chi connectivity index (χ1) is 9.04. The number of para-hydroxylation sites is 1. The topological polar surface area (TPSA) is 48.4 Å². The van der Waals surface area contributed by atoms with Crippen molar-refractivity contribution in [2.45, 2.75) is 6.61 Å². The highest BCUT2D eigenvalue weighted by molar-refractivity contribution is 6.38. The number of carbonyl (C=O) groups excluding carboxylic acids is 1. The molecule has 0 amide bonds. The number of alkyl halides is 2. The molecule has 1 aromatic heterocycles. The molecule has 0 aliphatic rings. The number of nitrogens with zero attached hydrogens (tertiary/aromatic N) is 1. The van der Waals surface area contributed by atoms with Gasteiger partial charge >= 0.3 is 12.6 Å². The minimum absolute atomic E-state index is 0.0610. The maximum atomic E-state index is 12.3. The predicted molar refractivity (Wildman–Crippen MR) is 64.7 cm³/mol. The van der Waals surface area contributed by atoms with Gasteiger partial charge in [0, 0.05) is 11.6 Å². The van der Waals surface area contributed by atoms with Crippen LogP contribution >= 0.6 is 11.6 Å². The van der Waals surface area contributed by atoms with Crippen LogP contribution in [-0.4, -0.2) is 24.7 Å². The van der Waals surface area contributed by atoms with Crippen molar-refractivity contribution in [1.29, 1.82) is 0 Å². The molecule has 1 aromatic carbocycles. The molecule has 4 nitrogen and oxygen atoms in total. The second-order valence-electron chi connectivity index (χ2n) is 3.51. The van der Waals surface area contributed by atoms with Crippen molar-refractivity contribution in [3.05, 3.63) is 35.0 Å². The van der Waals surface area contributed by atoms with Crippen LogP contribution < -0.4 is 4.74 Å². The Morgan fingerprint density at radius 1 is 1.42 bits per heavy atom. The van der Waals surface area contributed by atoms with Gasteiger partial charge in [0.05, 0.1) is 17.7 Å². The van der Waals surface area contributed by atoms with Gasteiger partial charge in [0.25, 0.3) is 0 Å². The third-order valence-corrected chi connectivity index (χ3v) is 2.82. The first kappa shape index (κ1) is 13.5. The number of hydrogen-bond donors (Lipinski definition) is 0. The summed E-state index contributed by atoms with van der Waals surface area (Å²) in [6.45, 7) is -2.97. The van der Waals surface area contributed by atoms with Gasteiger partial charge < -0.3 is 9.47 Å². The maximum absolute atomic E-state index is 12.3. The zero-order chi connectivity index (χ0) is 14.0. The Morgan fingerprint density at radius 3 is 2.79 bits per heavy atom. The Morgan fingerprint density at radius 2 is 2.16 bits per heavy atom. The van der Waals surface area contributed by atoms with Crippen LogP contribution in [0.4, 0.5) is 8.78 Å². The van der Waals surface area contributed by atoms with E-state index in [2.05, 4.69) is 14.5 Å². The van der Waals surface area contributed by atoms with Crippen molar-refractivity contribution in [3.8, 4) is 5.75 Å². The molecular formula is C12H8ClF2NO3. The van der Waals surface area contributed by atoms with E-state index in [1.54, 1.807) is 6.07 Å². The van der Waals surface area contributed by atoms with Gasteiger partial charge in [0.2, 0.25) is 0 Å². The van der Waals surface area contributed by atoms with Crippen LogP contribution in [0.3, 0.4) is 0 Å². The number of pyridine rings is 1. The van der Waals surface area contributed by atoms with Crippen LogP contribution in [-0.2, 0) is 4.74 Å². The average molecular weight is 288 g/mol. The van der Waals surface area contributed by atoms with E-state index in [-0.39, 0.29) is 21.9 Å². The van der Waals surface area contributed by atoms with Gasteiger partial charge in [-0.25, -0.2) is 4.79 Å². The maximum Gasteiger partial charge on any atom is 0.387 e. The van der Waals surface area contributed by atoms with Crippen LogP contribution in [0.15, 0.2) is 24.4 Å². The van der Waals surface area contributed by atoms with Crippen LogP contribution in [0, 0.1) is 0 Å². The van der Waals surface area contributed by atoms with Gasteiger partial charge in [-0.05, 0) is 6.07 Å². The van der Waals surface area contributed by atoms with Gasteiger partial charge in [-0.2, -0.15) is 8.78 Å². The lowest BCUT2D eigenvalue weighted by Crippen LogP contribution is -2.05. The first-order valence-electron chi connectivity index (χ1n) is 5.15. The molecule has 100 valence electrons. The number of fused-ring (bicyclic) bond motifs is 1. The molecule has 0 fully saturated rings. The second-order valence-corrected chi connectivity index (χ2v) is 3.89. The summed E-state index contributed by atoms with van der Waals surface area (Å²) in [5.74, 6) is -0.759. The van der Waals surface area contributed by atoms with E-state index in [9.17, 15) is 13.6 Å². The van der Waals surface area contributed by atoms with Crippen molar-refractivity contribution in [2.75, 3.05) is 7.11 Å². The van der Waals surface area contributed by atoms with Gasteiger partial charge in [0.1, 0.15) is 5.52 Å². The minimum Gasteiger partial charge on any atom is -0.465 e. The van der Waals surface area contributed by atoms with Crippen LogP contribution in [0.2, 0.25) is 5.02 Å². The molecule has 1 heterocycles. The van der Waals surface area contributed by atoms with Crippen molar-refractivity contribution in [3.63, 3.8) is 0 Å². The Labute approximate surface area is 111 Å². The number of halogens is 3. The molecule has 0 saturated carbocycles. The summed E-state index contributed by atoms with van der Waals surface area (Å²) in [4.78, 5) is 15.4. The van der Waals surface area contributed by atoms with Crippen LogP contribution in [0.5, 0.6) is 5.75 Å². The molecule has 0 unspecified atom stereocenters. The Kier molecular flexibility index (Phi) is 3.80. The van der Waals surface area contributed by atoms with E-state index in [0.29, 0.717) is 5.39 Å². The van der Waals surface area contributed by atoms with Gasteiger partial charge in [0.15, 0.2) is 5.75 Å². The SMILES string of the molecule is COC(=O)c1cnc2c(OC(F)F)cccc2c1Cl. The Balaban J connectivity index is 2.62. The summed E-state index contributed by atoms with van der Waals surface area (Å²) in [6.07, 6.45) is 1.16. The normalized spacial score (nSPS) is 10.8. The lowest BCUT2D eigenvalue weighted by Gasteiger charge is -2.09. The smallest absolute Gasteiger partial charge is 0.387 e. The summed E-state index contributed by atoms with van der Waals surface area (Å²) in [7, 11) is 1.21. The molecule has 0 aliphatic heterocycles. The van der Waals surface area contributed by atoms with E-state index in [1.165, 1.54) is 19.2 Å². The van der Waals surface area contributed by atoms with Crippen LogP contribution in [0.1, 0.15) is 10.4 Å². The first-order valence-corrected chi connectivity index (χ1v) is 5.52. The lowest BCUT2D eigenvalue weighted by molar-refractivity contribution is -0.0489. The summed E-state index contributed by atoms with van der Waals surface area (Å²) in [5.41, 5.74) is 0.214. The summed E-state index contributed by atoms with van der Waals surface area (Å²) < 4.78 is 33.4. The number of hydrogen-bond acceptors (Lipinski definition) is 4. The zero-order valence-corrected chi connectivity index (χ0v) is 10.4. The van der Waals surface area contributed by atoms with E-state index < -0.39 is 12.6 Å². The zero-order valence-electron chi connectivity index (χ0n) is 9.69. The number of aromatic nitrogens is 1. The van der Waals surface area contributed by atoms with Gasteiger partial charge in [-0.15, -0.1) is 0 Å². The Bertz CT molecular complexity index is 634. The monoisotopic (exact) mass is 287 g/mol. The van der Waals surface area contributed by atoms with E-state index in [1.807, 2.05) is 0 Å². The quantitative estimate of drug-likeness (QED) is 0.813. The number of methoxy groups -OCH3 is 1. The van der Waals surface area contributed by atoms with E-state index in [4.69, 9.17) is 11.6 Å². The molecule has 0 N–H and O–H groups in total. The third-order valence-electron chi connectivity index (χ3n) is 2.42. The highest BCUT2D eigenvalue weighted by atomic mass is 35.5. The van der Waals surface area contributed by atoms with Crippen molar-refractivity contribution in [2.24, 2.45) is 0 Å². The molecule has 2 rings (SSSR count). The average Bonchev–Trinajstić information content (AvgIpc) is 2.38. The molecule has 0 saturated heterocycles. The molecule has 0 atom stereocenters. The molecule has 19 heavy (non-hydrogen) atoms.